The Bertz CT molecular complexity index is 397. The second-order valence-corrected chi connectivity index (χ2v) is 5.43. The fourth-order valence-corrected chi connectivity index (χ4v) is 1.93. The van der Waals surface area contributed by atoms with Crippen molar-refractivity contribution in [2.75, 3.05) is 13.2 Å². The van der Waals surface area contributed by atoms with Crippen molar-refractivity contribution < 1.29 is 4.74 Å². The smallest absolute Gasteiger partial charge is 0.123 e. The van der Waals surface area contributed by atoms with Gasteiger partial charge in [0.2, 0.25) is 0 Å². The topological polar surface area (TPSA) is 21.3 Å². The van der Waals surface area contributed by atoms with Crippen LogP contribution >= 0.6 is 15.9 Å². The maximum Gasteiger partial charge on any atom is 0.123 e. The molecule has 0 spiro atoms. The van der Waals surface area contributed by atoms with Crippen LogP contribution in [-0.2, 0) is 6.54 Å². The zero-order valence-electron chi connectivity index (χ0n) is 11.4. The monoisotopic (exact) mass is 311 g/mol. The molecule has 0 saturated heterocycles. The Hall–Kier alpha value is -0.800. The lowest BCUT2D eigenvalue weighted by atomic mass is 10.2. The van der Waals surface area contributed by atoms with Gasteiger partial charge in [-0.2, -0.15) is 0 Å². The quantitative estimate of drug-likeness (QED) is 0.599. The molecule has 0 fully saturated rings. The highest BCUT2D eigenvalue weighted by atomic mass is 79.9. The zero-order valence-corrected chi connectivity index (χ0v) is 13.0. The Morgan fingerprint density at radius 3 is 2.83 bits per heavy atom. The molecule has 0 aliphatic carbocycles. The Morgan fingerprint density at radius 1 is 1.39 bits per heavy atom. The SMILES string of the molecule is CCCOc1ccc(Br)cc1CNCC=C(C)C. The molecule has 0 aliphatic heterocycles. The number of halogens is 1. The molecule has 1 N–H and O–H groups in total. The van der Waals surface area contributed by atoms with Crippen LogP contribution in [0.3, 0.4) is 0 Å². The van der Waals surface area contributed by atoms with Gasteiger partial charge in [-0.05, 0) is 38.5 Å². The zero-order chi connectivity index (χ0) is 13.4. The van der Waals surface area contributed by atoms with E-state index in [1.165, 1.54) is 11.1 Å². The molecular weight excluding hydrogens is 290 g/mol. The average molecular weight is 312 g/mol. The Morgan fingerprint density at radius 2 is 2.17 bits per heavy atom. The summed E-state index contributed by atoms with van der Waals surface area (Å²) in [6.07, 6.45) is 3.21. The summed E-state index contributed by atoms with van der Waals surface area (Å²) in [6.45, 7) is 8.81. The van der Waals surface area contributed by atoms with Gasteiger partial charge in [0.05, 0.1) is 6.61 Å². The van der Waals surface area contributed by atoms with Crippen LogP contribution in [0, 0.1) is 0 Å². The number of hydrogen-bond acceptors (Lipinski definition) is 2. The molecule has 0 aliphatic rings. The molecule has 2 nitrogen and oxygen atoms in total. The maximum absolute atomic E-state index is 5.74. The van der Waals surface area contributed by atoms with Gasteiger partial charge in [0, 0.05) is 23.1 Å². The third kappa shape index (κ3) is 5.69. The Kier molecular flexibility index (Phi) is 7.06. The van der Waals surface area contributed by atoms with E-state index in [2.05, 4.69) is 54.2 Å². The van der Waals surface area contributed by atoms with Crippen LogP contribution in [0.5, 0.6) is 5.75 Å². The molecule has 1 aromatic carbocycles. The molecule has 100 valence electrons. The number of ether oxygens (including phenoxy) is 1. The largest absolute Gasteiger partial charge is 0.493 e. The minimum atomic E-state index is 0.766. The van der Waals surface area contributed by atoms with Crippen molar-refractivity contribution in [2.24, 2.45) is 0 Å². The highest BCUT2D eigenvalue weighted by molar-refractivity contribution is 9.10. The molecule has 0 amide bonds. The first kappa shape index (κ1) is 15.3. The van der Waals surface area contributed by atoms with Gasteiger partial charge < -0.3 is 10.1 Å². The Balaban J connectivity index is 2.61. The summed E-state index contributed by atoms with van der Waals surface area (Å²) in [6, 6.07) is 6.16. The van der Waals surface area contributed by atoms with Crippen LogP contribution in [0.1, 0.15) is 32.8 Å². The molecule has 18 heavy (non-hydrogen) atoms. The van der Waals surface area contributed by atoms with Gasteiger partial charge in [-0.15, -0.1) is 0 Å². The molecule has 0 aromatic heterocycles. The highest BCUT2D eigenvalue weighted by Crippen LogP contribution is 2.23. The van der Waals surface area contributed by atoms with Gasteiger partial charge in [0.1, 0.15) is 5.75 Å². The predicted molar refractivity (Wildman–Crippen MR) is 81.1 cm³/mol. The van der Waals surface area contributed by atoms with Crippen molar-refractivity contribution in [3.8, 4) is 5.75 Å². The molecule has 0 saturated carbocycles. The van der Waals surface area contributed by atoms with Gasteiger partial charge in [-0.25, -0.2) is 0 Å². The van der Waals surface area contributed by atoms with E-state index in [1.807, 2.05) is 12.1 Å². The number of allylic oxidation sites excluding steroid dienone is 1. The summed E-state index contributed by atoms with van der Waals surface area (Å²) in [7, 11) is 0. The molecule has 0 heterocycles. The Labute approximate surface area is 119 Å². The molecule has 0 radical (unpaired) electrons. The normalized spacial score (nSPS) is 10.2. The van der Waals surface area contributed by atoms with E-state index < -0.39 is 0 Å². The van der Waals surface area contributed by atoms with Crippen molar-refractivity contribution in [3.05, 3.63) is 39.9 Å². The van der Waals surface area contributed by atoms with E-state index in [9.17, 15) is 0 Å². The lowest BCUT2D eigenvalue weighted by molar-refractivity contribution is 0.313. The molecule has 0 unspecified atom stereocenters. The molecule has 1 aromatic rings. The minimum Gasteiger partial charge on any atom is -0.493 e. The van der Waals surface area contributed by atoms with E-state index in [0.717, 1.165) is 36.3 Å². The number of rotatable bonds is 7. The minimum absolute atomic E-state index is 0.766. The van der Waals surface area contributed by atoms with Gasteiger partial charge in [-0.3, -0.25) is 0 Å². The molecule has 1 rings (SSSR count). The fourth-order valence-electron chi connectivity index (χ4n) is 1.52. The van der Waals surface area contributed by atoms with Crippen LogP contribution in [0.2, 0.25) is 0 Å². The van der Waals surface area contributed by atoms with Crippen LogP contribution in [0.25, 0.3) is 0 Å². The summed E-state index contributed by atoms with van der Waals surface area (Å²) >= 11 is 3.50. The van der Waals surface area contributed by atoms with E-state index in [1.54, 1.807) is 0 Å². The summed E-state index contributed by atoms with van der Waals surface area (Å²) in [5.74, 6) is 0.977. The van der Waals surface area contributed by atoms with Crippen LogP contribution in [0.4, 0.5) is 0 Å². The van der Waals surface area contributed by atoms with Gasteiger partial charge in [0.15, 0.2) is 0 Å². The molecule has 0 bridgehead atoms. The second kappa shape index (κ2) is 8.33. The third-order valence-corrected chi connectivity index (χ3v) is 2.95. The number of nitrogens with one attached hydrogen (secondary N) is 1. The van der Waals surface area contributed by atoms with Crippen LogP contribution in [0.15, 0.2) is 34.3 Å². The highest BCUT2D eigenvalue weighted by Gasteiger charge is 2.03. The van der Waals surface area contributed by atoms with Crippen LogP contribution in [-0.4, -0.2) is 13.2 Å². The van der Waals surface area contributed by atoms with Gasteiger partial charge in [-0.1, -0.05) is 34.5 Å². The van der Waals surface area contributed by atoms with E-state index in [-0.39, 0.29) is 0 Å². The summed E-state index contributed by atoms with van der Waals surface area (Å²) in [5.41, 5.74) is 2.53. The van der Waals surface area contributed by atoms with E-state index in [4.69, 9.17) is 4.74 Å². The van der Waals surface area contributed by atoms with Crippen molar-refractivity contribution in [1.29, 1.82) is 0 Å². The molecule has 3 heteroatoms. The molecule has 0 atom stereocenters. The van der Waals surface area contributed by atoms with Crippen molar-refractivity contribution in [3.63, 3.8) is 0 Å². The first-order chi connectivity index (χ1) is 8.63. The number of hydrogen-bond donors (Lipinski definition) is 1. The van der Waals surface area contributed by atoms with E-state index >= 15 is 0 Å². The fraction of sp³-hybridized carbons (Fsp3) is 0.467. The molecular formula is C15H22BrNO. The maximum atomic E-state index is 5.74. The van der Waals surface area contributed by atoms with Crippen LogP contribution < -0.4 is 10.1 Å². The average Bonchev–Trinajstić information content (AvgIpc) is 2.33. The van der Waals surface area contributed by atoms with Crippen molar-refractivity contribution in [1.82, 2.24) is 5.32 Å². The lowest BCUT2D eigenvalue weighted by Crippen LogP contribution is -2.14. The summed E-state index contributed by atoms with van der Waals surface area (Å²) < 4.78 is 6.83. The van der Waals surface area contributed by atoms with Gasteiger partial charge in [0.25, 0.3) is 0 Å². The van der Waals surface area contributed by atoms with Crippen molar-refractivity contribution in [2.45, 2.75) is 33.7 Å². The summed E-state index contributed by atoms with van der Waals surface area (Å²) in [5, 5.41) is 3.40. The predicted octanol–water partition coefficient (Wildman–Crippen LogP) is 4.29. The first-order valence-electron chi connectivity index (χ1n) is 6.38. The summed E-state index contributed by atoms with van der Waals surface area (Å²) in [4.78, 5) is 0. The first-order valence-corrected chi connectivity index (χ1v) is 7.18. The number of benzene rings is 1. The van der Waals surface area contributed by atoms with Crippen molar-refractivity contribution >= 4 is 15.9 Å². The lowest BCUT2D eigenvalue weighted by Gasteiger charge is -2.11. The van der Waals surface area contributed by atoms with E-state index in [0.29, 0.717) is 0 Å². The van der Waals surface area contributed by atoms with Gasteiger partial charge >= 0.3 is 0 Å². The standard InChI is InChI=1S/C15H22BrNO/c1-4-9-18-15-6-5-14(16)10-13(15)11-17-8-7-12(2)3/h5-7,10,17H,4,8-9,11H2,1-3H3. The third-order valence-electron chi connectivity index (χ3n) is 2.45. The second-order valence-electron chi connectivity index (χ2n) is 4.51.